The maximum absolute atomic E-state index is 5.33. The first-order chi connectivity index (χ1) is 5.20. The highest BCUT2D eigenvalue weighted by atomic mass is 16.5. The molecule has 0 unspecified atom stereocenters. The highest BCUT2D eigenvalue weighted by Gasteiger charge is 2.03. The predicted molar refractivity (Wildman–Crippen MR) is 41.2 cm³/mol. The minimum atomic E-state index is 0.236. The SMILES string of the molecule is Cc1ncoc1COC(C)C. The molecule has 0 aliphatic rings. The highest BCUT2D eigenvalue weighted by Crippen LogP contribution is 2.07. The lowest BCUT2D eigenvalue weighted by atomic mass is 10.4. The summed E-state index contributed by atoms with van der Waals surface area (Å²) in [6, 6.07) is 0. The topological polar surface area (TPSA) is 35.3 Å². The largest absolute Gasteiger partial charge is 0.446 e. The molecule has 62 valence electrons. The summed E-state index contributed by atoms with van der Waals surface area (Å²) in [6.45, 7) is 6.41. The molecule has 11 heavy (non-hydrogen) atoms. The molecule has 0 aliphatic carbocycles. The summed E-state index contributed by atoms with van der Waals surface area (Å²) in [7, 11) is 0. The Balaban J connectivity index is 2.44. The Kier molecular flexibility index (Phi) is 2.65. The Morgan fingerprint density at radius 2 is 2.36 bits per heavy atom. The molecule has 1 heterocycles. The van der Waals surface area contributed by atoms with Gasteiger partial charge in [0, 0.05) is 0 Å². The molecule has 0 fully saturated rings. The molecule has 0 aliphatic heterocycles. The van der Waals surface area contributed by atoms with E-state index in [0.29, 0.717) is 6.61 Å². The van der Waals surface area contributed by atoms with Crippen LogP contribution in [0.1, 0.15) is 25.3 Å². The summed E-state index contributed by atoms with van der Waals surface area (Å²) in [5, 5.41) is 0. The van der Waals surface area contributed by atoms with Crippen molar-refractivity contribution in [2.45, 2.75) is 33.5 Å². The molecule has 0 bridgehead atoms. The molecule has 0 atom stereocenters. The van der Waals surface area contributed by atoms with Gasteiger partial charge in [0.25, 0.3) is 0 Å². The van der Waals surface area contributed by atoms with Gasteiger partial charge in [0.2, 0.25) is 0 Å². The summed E-state index contributed by atoms with van der Waals surface area (Å²) < 4.78 is 10.4. The van der Waals surface area contributed by atoms with Crippen molar-refractivity contribution < 1.29 is 9.15 Å². The minimum absolute atomic E-state index is 0.236. The molecular weight excluding hydrogens is 142 g/mol. The Labute approximate surface area is 66.4 Å². The van der Waals surface area contributed by atoms with Gasteiger partial charge in [-0.3, -0.25) is 0 Å². The molecule has 0 radical (unpaired) electrons. The van der Waals surface area contributed by atoms with Crippen LogP contribution in [-0.4, -0.2) is 11.1 Å². The normalized spacial score (nSPS) is 10.9. The van der Waals surface area contributed by atoms with E-state index in [9.17, 15) is 0 Å². The van der Waals surface area contributed by atoms with Crippen LogP contribution in [0, 0.1) is 6.92 Å². The van der Waals surface area contributed by atoms with Crippen LogP contribution in [0.3, 0.4) is 0 Å². The van der Waals surface area contributed by atoms with Crippen LogP contribution in [0.2, 0.25) is 0 Å². The van der Waals surface area contributed by atoms with Crippen molar-refractivity contribution in [1.82, 2.24) is 4.98 Å². The number of rotatable bonds is 3. The van der Waals surface area contributed by atoms with E-state index in [1.165, 1.54) is 6.39 Å². The fourth-order valence-electron chi connectivity index (χ4n) is 0.707. The number of hydrogen-bond donors (Lipinski definition) is 0. The fraction of sp³-hybridized carbons (Fsp3) is 0.625. The van der Waals surface area contributed by atoms with Crippen molar-refractivity contribution in [3.63, 3.8) is 0 Å². The van der Waals surface area contributed by atoms with Gasteiger partial charge in [-0.25, -0.2) is 4.98 Å². The number of aromatic nitrogens is 1. The van der Waals surface area contributed by atoms with Gasteiger partial charge in [-0.05, 0) is 20.8 Å². The summed E-state index contributed by atoms with van der Waals surface area (Å²) in [5.74, 6) is 0.818. The zero-order valence-corrected chi connectivity index (χ0v) is 7.13. The molecule has 0 saturated heterocycles. The lowest BCUT2D eigenvalue weighted by molar-refractivity contribution is 0.0541. The third-order valence-corrected chi connectivity index (χ3v) is 1.39. The number of aryl methyl sites for hydroxylation is 1. The zero-order valence-electron chi connectivity index (χ0n) is 7.13. The van der Waals surface area contributed by atoms with E-state index in [1.54, 1.807) is 0 Å². The highest BCUT2D eigenvalue weighted by molar-refractivity contribution is 5.02. The van der Waals surface area contributed by atoms with Crippen LogP contribution in [0.25, 0.3) is 0 Å². The smallest absolute Gasteiger partial charge is 0.181 e. The van der Waals surface area contributed by atoms with E-state index < -0.39 is 0 Å². The summed E-state index contributed by atoms with van der Waals surface area (Å²) in [4.78, 5) is 3.95. The van der Waals surface area contributed by atoms with E-state index in [0.717, 1.165) is 11.5 Å². The Morgan fingerprint density at radius 3 is 2.82 bits per heavy atom. The Morgan fingerprint density at radius 1 is 1.64 bits per heavy atom. The molecule has 1 aromatic rings. The van der Waals surface area contributed by atoms with Gasteiger partial charge in [0.05, 0.1) is 11.8 Å². The van der Waals surface area contributed by atoms with Crippen molar-refractivity contribution in [2.75, 3.05) is 0 Å². The molecule has 0 amide bonds. The van der Waals surface area contributed by atoms with Crippen LogP contribution >= 0.6 is 0 Å². The van der Waals surface area contributed by atoms with E-state index in [1.807, 2.05) is 20.8 Å². The lowest BCUT2D eigenvalue weighted by Gasteiger charge is -2.04. The van der Waals surface area contributed by atoms with E-state index in [2.05, 4.69) is 4.98 Å². The van der Waals surface area contributed by atoms with Crippen molar-refractivity contribution in [3.05, 3.63) is 17.8 Å². The maximum atomic E-state index is 5.33. The number of oxazole rings is 1. The van der Waals surface area contributed by atoms with Gasteiger partial charge in [0.1, 0.15) is 6.61 Å². The molecule has 0 saturated carbocycles. The number of nitrogens with zero attached hydrogens (tertiary/aromatic N) is 1. The number of ether oxygens (including phenoxy) is 1. The zero-order chi connectivity index (χ0) is 8.27. The molecule has 0 aromatic carbocycles. The predicted octanol–water partition coefficient (Wildman–Crippen LogP) is 1.91. The van der Waals surface area contributed by atoms with E-state index >= 15 is 0 Å². The Bertz CT molecular complexity index is 218. The van der Waals surface area contributed by atoms with Gasteiger partial charge >= 0.3 is 0 Å². The minimum Gasteiger partial charge on any atom is -0.446 e. The fourth-order valence-corrected chi connectivity index (χ4v) is 0.707. The molecule has 1 rings (SSSR count). The summed E-state index contributed by atoms with van der Waals surface area (Å²) in [5.41, 5.74) is 0.908. The van der Waals surface area contributed by atoms with Crippen molar-refractivity contribution in [2.24, 2.45) is 0 Å². The van der Waals surface area contributed by atoms with Crippen molar-refractivity contribution >= 4 is 0 Å². The monoisotopic (exact) mass is 155 g/mol. The third kappa shape index (κ3) is 2.35. The third-order valence-electron chi connectivity index (χ3n) is 1.39. The Hall–Kier alpha value is -0.830. The second-order valence-corrected chi connectivity index (χ2v) is 2.72. The second kappa shape index (κ2) is 3.53. The van der Waals surface area contributed by atoms with Gasteiger partial charge in [-0.15, -0.1) is 0 Å². The molecule has 1 aromatic heterocycles. The lowest BCUT2D eigenvalue weighted by Crippen LogP contribution is -2.02. The first kappa shape index (κ1) is 8.27. The van der Waals surface area contributed by atoms with Crippen LogP contribution in [0.4, 0.5) is 0 Å². The first-order valence-electron chi connectivity index (χ1n) is 3.70. The van der Waals surface area contributed by atoms with Crippen LogP contribution < -0.4 is 0 Å². The van der Waals surface area contributed by atoms with E-state index in [4.69, 9.17) is 9.15 Å². The molecule has 3 nitrogen and oxygen atoms in total. The van der Waals surface area contributed by atoms with Crippen LogP contribution in [0.15, 0.2) is 10.8 Å². The standard InChI is InChI=1S/C8H13NO2/c1-6(2)10-4-8-7(3)9-5-11-8/h5-6H,4H2,1-3H3. The molecule has 3 heteroatoms. The average molecular weight is 155 g/mol. The molecule has 0 N–H and O–H groups in total. The van der Waals surface area contributed by atoms with E-state index in [-0.39, 0.29) is 6.10 Å². The molecular formula is C8H13NO2. The second-order valence-electron chi connectivity index (χ2n) is 2.72. The van der Waals surface area contributed by atoms with Gasteiger partial charge in [-0.1, -0.05) is 0 Å². The van der Waals surface area contributed by atoms with Gasteiger partial charge in [-0.2, -0.15) is 0 Å². The average Bonchev–Trinajstić information content (AvgIpc) is 2.31. The number of hydrogen-bond acceptors (Lipinski definition) is 3. The van der Waals surface area contributed by atoms with Crippen molar-refractivity contribution in [1.29, 1.82) is 0 Å². The first-order valence-corrected chi connectivity index (χ1v) is 3.70. The van der Waals surface area contributed by atoms with Gasteiger partial charge in [0.15, 0.2) is 12.2 Å². The van der Waals surface area contributed by atoms with Crippen LogP contribution in [0.5, 0.6) is 0 Å². The summed E-state index contributed by atoms with van der Waals surface area (Å²) >= 11 is 0. The summed E-state index contributed by atoms with van der Waals surface area (Å²) in [6.07, 6.45) is 1.67. The van der Waals surface area contributed by atoms with Crippen LogP contribution in [-0.2, 0) is 11.3 Å². The van der Waals surface area contributed by atoms with Crippen molar-refractivity contribution in [3.8, 4) is 0 Å². The quantitative estimate of drug-likeness (QED) is 0.668. The molecule has 0 spiro atoms. The van der Waals surface area contributed by atoms with Gasteiger partial charge < -0.3 is 9.15 Å². The maximum Gasteiger partial charge on any atom is 0.181 e.